The largest absolute Gasteiger partial charge is 0.342 e. The van der Waals surface area contributed by atoms with Crippen LogP contribution in [0, 0.1) is 11.7 Å². The van der Waals surface area contributed by atoms with Crippen molar-refractivity contribution < 1.29 is 14.0 Å². The third-order valence-electron chi connectivity index (χ3n) is 3.55. The van der Waals surface area contributed by atoms with Crippen LogP contribution in [0.4, 0.5) is 4.39 Å². The standard InChI is InChI=1S/C14H18FN3O2S/c15-11-3-1-2-4-12(11)21-9-13(19)18-7-5-10(6-8-18)14(20)17-16/h1-4,10H,5-9,16H2,(H,17,20). The van der Waals surface area contributed by atoms with Crippen molar-refractivity contribution in [1.29, 1.82) is 0 Å². The third kappa shape index (κ3) is 4.18. The Morgan fingerprint density at radius 3 is 2.62 bits per heavy atom. The Hall–Kier alpha value is -1.60. The minimum Gasteiger partial charge on any atom is -0.342 e. The second-order valence-electron chi connectivity index (χ2n) is 4.88. The van der Waals surface area contributed by atoms with Gasteiger partial charge in [0.1, 0.15) is 5.82 Å². The Kier molecular flexibility index (Phi) is 5.58. The molecule has 1 fully saturated rings. The van der Waals surface area contributed by atoms with Crippen molar-refractivity contribution in [1.82, 2.24) is 10.3 Å². The SMILES string of the molecule is NNC(=O)C1CCN(C(=O)CSc2ccccc2F)CC1. The van der Waals surface area contributed by atoms with E-state index >= 15 is 0 Å². The van der Waals surface area contributed by atoms with Crippen molar-refractivity contribution in [2.45, 2.75) is 17.7 Å². The number of carbonyl (C=O) groups is 2. The molecule has 2 rings (SSSR count). The highest BCUT2D eigenvalue weighted by molar-refractivity contribution is 8.00. The number of halogens is 1. The summed E-state index contributed by atoms with van der Waals surface area (Å²) >= 11 is 1.19. The van der Waals surface area contributed by atoms with Crippen LogP contribution in [0.5, 0.6) is 0 Å². The maximum absolute atomic E-state index is 13.5. The van der Waals surface area contributed by atoms with Crippen LogP contribution in [-0.4, -0.2) is 35.6 Å². The van der Waals surface area contributed by atoms with Gasteiger partial charge < -0.3 is 4.90 Å². The number of benzene rings is 1. The fourth-order valence-electron chi connectivity index (χ4n) is 2.30. The molecule has 0 radical (unpaired) electrons. The molecule has 7 heteroatoms. The maximum atomic E-state index is 13.5. The van der Waals surface area contributed by atoms with Gasteiger partial charge in [-0.2, -0.15) is 0 Å². The number of thioether (sulfide) groups is 1. The molecular formula is C14H18FN3O2S. The quantitative estimate of drug-likeness (QED) is 0.378. The van der Waals surface area contributed by atoms with Gasteiger partial charge in [0, 0.05) is 23.9 Å². The van der Waals surface area contributed by atoms with E-state index in [9.17, 15) is 14.0 Å². The van der Waals surface area contributed by atoms with E-state index in [1.807, 2.05) is 0 Å². The summed E-state index contributed by atoms with van der Waals surface area (Å²) in [5, 5.41) is 0. The Morgan fingerprint density at radius 2 is 2.00 bits per heavy atom. The molecule has 0 atom stereocenters. The zero-order valence-electron chi connectivity index (χ0n) is 11.5. The molecule has 0 unspecified atom stereocenters. The van der Waals surface area contributed by atoms with Crippen molar-refractivity contribution in [2.24, 2.45) is 11.8 Å². The molecule has 0 saturated carbocycles. The zero-order chi connectivity index (χ0) is 15.2. The molecule has 0 aliphatic carbocycles. The molecule has 0 bridgehead atoms. The summed E-state index contributed by atoms with van der Waals surface area (Å²) in [5.41, 5.74) is 2.14. The lowest BCUT2D eigenvalue weighted by Gasteiger charge is -2.31. The first-order valence-electron chi connectivity index (χ1n) is 6.77. The van der Waals surface area contributed by atoms with E-state index in [-0.39, 0.29) is 29.3 Å². The third-order valence-corrected chi connectivity index (χ3v) is 4.58. The van der Waals surface area contributed by atoms with Crippen LogP contribution in [0.2, 0.25) is 0 Å². The molecule has 3 N–H and O–H groups in total. The van der Waals surface area contributed by atoms with Crippen LogP contribution in [0.25, 0.3) is 0 Å². The monoisotopic (exact) mass is 311 g/mol. The lowest BCUT2D eigenvalue weighted by atomic mass is 9.96. The number of nitrogens with zero attached hydrogens (tertiary/aromatic N) is 1. The molecule has 1 aliphatic heterocycles. The lowest BCUT2D eigenvalue weighted by molar-refractivity contribution is -0.133. The second-order valence-corrected chi connectivity index (χ2v) is 5.90. The first-order chi connectivity index (χ1) is 10.1. The van der Waals surface area contributed by atoms with Gasteiger partial charge in [0.2, 0.25) is 11.8 Å². The van der Waals surface area contributed by atoms with Gasteiger partial charge >= 0.3 is 0 Å². The van der Waals surface area contributed by atoms with E-state index in [0.717, 1.165) is 0 Å². The smallest absolute Gasteiger partial charge is 0.237 e. The van der Waals surface area contributed by atoms with Gasteiger partial charge in [-0.25, -0.2) is 10.2 Å². The molecule has 1 aliphatic rings. The van der Waals surface area contributed by atoms with E-state index in [4.69, 9.17) is 5.84 Å². The van der Waals surface area contributed by atoms with Crippen LogP contribution in [-0.2, 0) is 9.59 Å². The molecule has 1 aromatic rings. The van der Waals surface area contributed by atoms with Crippen molar-refractivity contribution >= 4 is 23.6 Å². The van der Waals surface area contributed by atoms with Gasteiger partial charge in [-0.1, -0.05) is 12.1 Å². The number of hydrogen-bond acceptors (Lipinski definition) is 4. The summed E-state index contributed by atoms with van der Waals surface area (Å²) in [4.78, 5) is 25.7. The van der Waals surface area contributed by atoms with Gasteiger partial charge in [-0.3, -0.25) is 15.0 Å². The van der Waals surface area contributed by atoms with E-state index in [1.54, 1.807) is 23.1 Å². The molecule has 21 heavy (non-hydrogen) atoms. The predicted molar refractivity (Wildman–Crippen MR) is 78.8 cm³/mol. The van der Waals surface area contributed by atoms with Crippen molar-refractivity contribution in [3.05, 3.63) is 30.1 Å². The van der Waals surface area contributed by atoms with E-state index in [1.165, 1.54) is 17.8 Å². The van der Waals surface area contributed by atoms with Crippen LogP contribution in [0.1, 0.15) is 12.8 Å². The fourth-order valence-corrected chi connectivity index (χ4v) is 3.14. The highest BCUT2D eigenvalue weighted by Gasteiger charge is 2.26. The summed E-state index contributed by atoms with van der Waals surface area (Å²) in [5.74, 6) is 4.66. The van der Waals surface area contributed by atoms with Crippen molar-refractivity contribution in [3.63, 3.8) is 0 Å². The number of nitrogens with two attached hydrogens (primary N) is 1. The van der Waals surface area contributed by atoms with Crippen LogP contribution in [0.3, 0.4) is 0 Å². The molecule has 5 nitrogen and oxygen atoms in total. The zero-order valence-corrected chi connectivity index (χ0v) is 12.4. The highest BCUT2D eigenvalue weighted by atomic mass is 32.2. The molecule has 0 spiro atoms. The summed E-state index contributed by atoms with van der Waals surface area (Å²) < 4.78 is 13.5. The number of amides is 2. The number of nitrogens with one attached hydrogen (secondary N) is 1. The van der Waals surface area contributed by atoms with E-state index in [2.05, 4.69) is 5.43 Å². The van der Waals surface area contributed by atoms with Gasteiger partial charge in [-0.05, 0) is 25.0 Å². The molecule has 2 amide bonds. The molecule has 1 saturated heterocycles. The average molecular weight is 311 g/mol. The van der Waals surface area contributed by atoms with Crippen LogP contribution >= 0.6 is 11.8 Å². The van der Waals surface area contributed by atoms with E-state index < -0.39 is 0 Å². The predicted octanol–water partition coefficient (Wildman–Crippen LogP) is 1.15. The van der Waals surface area contributed by atoms with Crippen molar-refractivity contribution in [2.75, 3.05) is 18.8 Å². The lowest BCUT2D eigenvalue weighted by Crippen LogP contribution is -2.45. The summed E-state index contributed by atoms with van der Waals surface area (Å²) in [7, 11) is 0. The number of likely N-dealkylation sites (tertiary alicyclic amines) is 1. The van der Waals surface area contributed by atoms with Crippen LogP contribution in [0.15, 0.2) is 29.2 Å². The Balaban J connectivity index is 1.80. The van der Waals surface area contributed by atoms with Gasteiger partial charge in [0.05, 0.1) is 5.75 Å². The average Bonchev–Trinajstić information content (AvgIpc) is 2.53. The fraction of sp³-hybridized carbons (Fsp3) is 0.429. The van der Waals surface area contributed by atoms with Crippen LogP contribution < -0.4 is 11.3 Å². The number of hydrazine groups is 1. The maximum Gasteiger partial charge on any atom is 0.237 e. The molecule has 0 aromatic heterocycles. The Bertz CT molecular complexity index is 519. The number of hydrogen-bond donors (Lipinski definition) is 2. The molecule has 1 heterocycles. The molecule has 1 aromatic carbocycles. The summed E-state index contributed by atoms with van der Waals surface area (Å²) in [6.07, 6.45) is 1.22. The molecular weight excluding hydrogens is 293 g/mol. The first kappa shape index (κ1) is 15.8. The van der Waals surface area contributed by atoms with E-state index in [0.29, 0.717) is 30.8 Å². The minimum atomic E-state index is -0.311. The normalized spacial score (nSPS) is 15.8. The van der Waals surface area contributed by atoms with Crippen molar-refractivity contribution in [3.8, 4) is 0 Å². The topological polar surface area (TPSA) is 75.4 Å². The highest BCUT2D eigenvalue weighted by Crippen LogP contribution is 2.23. The Morgan fingerprint density at radius 1 is 1.33 bits per heavy atom. The minimum absolute atomic E-state index is 0.0325. The first-order valence-corrected chi connectivity index (χ1v) is 7.76. The number of piperidine rings is 1. The van der Waals surface area contributed by atoms with Gasteiger partial charge in [-0.15, -0.1) is 11.8 Å². The number of rotatable bonds is 4. The molecule has 114 valence electrons. The van der Waals surface area contributed by atoms with Gasteiger partial charge in [0.25, 0.3) is 0 Å². The second kappa shape index (κ2) is 7.42. The summed E-state index contributed by atoms with van der Waals surface area (Å²) in [6.45, 7) is 1.07. The Labute approximate surface area is 127 Å². The van der Waals surface area contributed by atoms with Gasteiger partial charge in [0.15, 0.2) is 0 Å². The number of carbonyl (C=O) groups excluding carboxylic acids is 2. The summed E-state index contributed by atoms with van der Waals surface area (Å²) in [6, 6.07) is 6.40.